The molecule has 3 aromatic rings. The Morgan fingerprint density at radius 1 is 0.377 bits per heavy atom. The van der Waals surface area contributed by atoms with Crippen LogP contribution < -0.4 is 10.6 Å². The fourth-order valence-electron chi connectivity index (χ4n) is 6.06. The number of unbranched alkanes of at least 4 members (excludes halogenated alkanes) is 20. The summed E-state index contributed by atoms with van der Waals surface area (Å²) in [5.41, 5.74) is 2.89. The predicted molar refractivity (Wildman–Crippen MR) is 224 cm³/mol. The standard InChI is InChI=1S/2C20H35N.C6H6.H2O4S/c2*1-2-3-4-5-6-7-8-9-10-11-15-18-21-19-20-16-13-12-14-17-20;1-2-4-6-5-3-1;1-5(2,3)4/h2*12-14,16-17,21H,2-11,15,18-19H2,1H3;1-6H;(H2,1,2,3,4). The molecular formula is C46H78N2O4S. The molecule has 53 heavy (non-hydrogen) atoms. The molecule has 4 N–H and O–H groups in total. The molecule has 0 amide bonds. The molecule has 0 saturated heterocycles. The zero-order chi connectivity index (χ0) is 38.8. The maximum absolute atomic E-state index is 8.52. The molecule has 0 aliphatic carbocycles. The van der Waals surface area contributed by atoms with E-state index in [0.29, 0.717) is 0 Å². The molecule has 302 valence electrons. The minimum Gasteiger partial charge on any atom is -0.759 e. The molecule has 0 fully saturated rings. The first kappa shape index (κ1) is 50.5. The highest BCUT2D eigenvalue weighted by Crippen LogP contribution is 2.12. The minimum atomic E-state index is -5.17. The lowest BCUT2D eigenvalue weighted by Gasteiger charge is -2.06. The maximum Gasteiger partial charge on any atom is 0.101 e. The largest absolute Gasteiger partial charge is 0.759 e. The van der Waals surface area contributed by atoms with Crippen LogP contribution in [0.25, 0.3) is 0 Å². The summed E-state index contributed by atoms with van der Waals surface area (Å²) in [4.78, 5) is 0. The molecule has 6 nitrogen and oxygen atoms in total. The number of benzene rings is 3. The summed E-state index contributed by atoms with van der Waals surface area (Å²) >= 11 is 0. The van der Waals surface area contributed by atoms with E-state index in [1.807, 2.05) is 36.4 Å². The molecule has 0 aliphatic heterocycles. The van der Waals surface area contributed by atoms with Gasteiger partial charge in [-0.05, 0) is 25.7 Å². The molecule has 0 bridgehead atoms. The first-order valence-electron chi connectivity index (χ1n) is 21.2. The Labute approximate surface area is 327 Å². The third-order valence-electron chi connectivity index (χ3n) is 9.14. The van der Waals surface area contributed by atoms with Crippen LogP contribution in [0.2, 0.25) is 0 Å². The highest BCUT2D eigenvalue weighted by atomic mass is 32.3. The van der Waals surface area contributed by atoms with Crippen molar-refractivity contribution in [3.63, 3.8) is 0 Å². The Bertz CT molecular complexity index is 1100. The van der Waals surface area contributed by atoms with Gasteiger partial charge in [-0.2, -0.15) is 0 Å². The Balaban J connectivity index is 0.000000792. The molecule has 0 aromatic heterocycles. The fraction of sp³-hybridized carbons (Fsp3) is 0.609. The normalized spacial score (nSPS) is 10.6. The number of rotatable bonds is 28. The van der Waals surface area contributed by atoms with Gasteiger partial charge in [0.25, 0.3) is 0 Å². The van der Waals surface area contributed by atoms with E-state index in [1.165, 1.54) is 165 Å². The summed E-state index contributed by atoms with van der Waals surface area (Å²) in [6, 6.07) is 33.6. The van der Waals surface area contributed by atoms with Crippen molar-refractivity contribution in [2.45, 2.75) is 168 Å². The van der Waals surface area contributed by atoms with E-state index in [2.05, 4.69) is 85.1 Å². The molecule has 0 unspecified atom stereocenters. The number of hydrogen-bond acceptors (Lipinski definition) is 4. The van der Waals surface area contributed by atoms with Gasteiger partial charge in [0.1, 0.15) is 13.1 Å². The smallest absolute Gasteiger partial charge is 0.101 e. The van der Waals surface area contributed by atoms with Gasteiger partial charge in [0.05, 0.1) is 13.1 Å². The van der Waals surface area contributed by atoms with E-state index in [4.69, 9.17) is 17.5 Å². The van der Waals surface area contributed by atoms with Crippen molar-refractivity contribution in [1.82, 2.24) is 0 Å². The van der Waals surface area contributed by atoms with Crippen molar-refractivity contribution in [2.24, 2.45) is 0 Å². The Morgan fingerprint density at radius 2 is 0.585 bits per heavy atom. The van der Waals surface area contributed by atoms with Gasteiger partial charge >= 0.3 is 0 Å². The zero-order valence-corrected chi connectivity index (χ0v) is 34.6. The van der Waals surface area contributed by atoms with Gasteiger partial charge in [-0.25, -0.2) is 0 Å². The molecule has 0 heterocycles. The van der Waals surface area contributed by atoms with Gasteiger partial charge in [0.2, 0.25) is 0 Å². The van der Waals surface area contributed by atoms with E-state index in [9.17, 15) is 0 Å². The SMILES string of the molecule is CCCCCCCCCCCCC[NH2+]Cc1ccccc1.CCCCCCCCCCCCC[NH2+]Cc1ccccc1.O=S(=O)([O-])[O-].c1ccccc1. The van der Waals surface area contributed by atoms with Crippen LogP contribution in [-0.4, -0.2) is 30.6 Å². The van der Waals surface area contributed by atoms with Crippen molar-refractivity contribution in [3.8, 4) is 0 Å². The summed E-state index contributed by atoms with van der Waals surface area (Å²) in [6.45, 7) is 9.42. The first-order valence-corrected chi connectivity index (χ1v) is 22.6. The lowest BCUT2D eigenvalue weighted by molar-refractivity contribution is -0.671. The molecule has 0 saturated carbocycles. The van der Waals surface area contributed by atoms with Gasteiger partial charge in [-0.3, -0.25) is 8.42 Å². The van der Waals surface area contributed by atoms with Gasteiger partial charge in [0.15, 0.2) is 0 Å². The molecule has 0 atom stereocenters. The Morgan fingerprint density at radius 3 is 0.830 bits per heavy atom. The maximum atomic E-state index is 8.52. The first-order chi connectivity index (χ1) is 25.9. The average molecular weight is 755 g/mol. The second kappa shape index (κ2) is 40.6. The summed E-state index contributed by atoms with van der Waals surface area (Å²) in [5.74, 6) is 0. The zero-order valence-electron chi connectivity index (χ0n) is 33.8. The Kier molecular flexibility index (Phi) is 38.7. The van der Waals surface area contributed by atoms with Crippen molar-refractivity contribution in [3.05, 3.63) is 108 Å². The monoisotopic (exact) mass is 755 g/mol. The van der Waals surface area contributed by atoms with Crippen molar-refractivity contribution >= 4 is 10.4 Å². The van der Waals surface area contributed by atoms with Crippen molar-refractivity contribution in [2.75, 3.05) is 13.1 Å². The van der Waals surface area contributed by atoms with E-state index in [1.54, 1.807) is 0 Å². The molecule has 0 aliphatic rings. The summed E-state index contributed by atoms with van der Waals surface area (Å²) in [6.07, 6.45) is 31.5. The number of quaternary nitrogens is 2. The third-order valence-corrected chi connectivity index (χ3v) is 9.14. The summed E-state index contributed by atoms with van der Waals surface area (Å²) < 4.78 is 34.1. The van der Waals surface area contributed by atoms with E-state index < -0.39 is 10.4 Å². The predicted octanol–water partition coefficient (Wildman–Crippen LogP) is 10.5. The molecular weight excluding hydrogens is 677 g/mol. The average Bonchev–Trinajstić information content (AvgIpc) is 3.17. The van der Waals surface area contributed by atoms with Crippen LogP contribution in [0, 0.1) is 0 Å². The molecule has 0 radical (unpaired) electrons. The summed E-state index contributed by atoms with van der Waals surface area (Å²) in [7, 11) is -5.17. The van der Waals surface area contributed by atoms with Crippen molar-refractivity contribution < 1.29 is 28.2 Å². The fourth-order valence-corrected chi connectivity index (χ4v) is 6.06. The van der Waals surface area contributed by atoms with Gasteiger partial charge in [-0.1, -0.05) is 226 Å². The molecule has 7 heteroatoms. The van der Waals surface area contributed by atoms with Crippen LogP contribution in [0.4, 0.5) is 0 Å². The van der Waals surface area contributed by atoms with Crippen LogP contribution in [0.3, 0.4) is 0 Å². The third kappa shape index (κ3) is 45.5. The topological polar surface area (TPSA) is 113 Å². The van der Waals surface area contributed by atoms with Crippen LogP contribution >= 0.6 is 0 Å². The second-order valence-electron chi connectivity index (χ2n) is 14.2. The van der Waals surface area contributed by atoms with Crippen molar-refractivity contribution in [1.29, 1.82) is 0 Å². The molecule has 3 aromatic carbocycles. The minimum absolute atomic E-state index is 1.14. The summed E-state index contributed by atoms with van der Waals surface area (Å²) in [5, 5.41) is 4.89. The second-order valence-corrected chi connectivity index (χ2v) is 15.0. The van der Waals surface area contributed by atoms with Gasteiger partial charge in [-0.15, -0.1) is 0 Å². The van der Waals surface area contributed by atoms with Crippen LogP contribution in [-0.2, 0) is 23.5 Å². The highest BCUT2D eigenvalue weighted by molar-refractivity contribution is 7.79. The Hall–Kier alpha value is -2.55. The molecule has 0 spiro atoms. The molecule has 3 rings (SSSR count). The van der Waals surface area contributed by atoms with Crippen LogP contribution in [0.5, 0.6) is 0 Å². The quantitative estimate of drug-likeness (QED) is 0.0436. The van der Waals surface area contributed by atoms with Gasteiger partial charge in [0, 0.05) is 21.5 Å². The number of nitrogens with two attached hydrogens (primary N) is 2. The van der Waals surface area contributed by atoms with E-state index >= 15 is 0 Å². The van der Waals surface area contributed by atoms with E-state index in [0.717, 1.165) is 13.1 Å². The lowest BCUT2D eigenvalue weighted by atomic mass is 10.1. The number of hydrogen-bond donors (Lipinski definition) is 2. The van der Waals surface area contributed by atoms with E-state index in [-0.39, 0.29) is 0 Å². The van der Waals surface area contributed by atoms with Gasteiger partial charge < -0.3 is 19.7 Å². The highest BCUT2D eigenvalue weighted by Gasteiger charge is 1.97. The van der Waals surface area contributed by atoms with Crippen LogP contribution in [0.1, 0.15) is 166 Å². The van der Waals surface area contributed by atoms with Crippen LogP contribution in [0.15, 0.2) is 97.1 Å². The lowest BCUT2D eigenvalue weighted by Crippen LogP contribution is -2.82.